The Morgan fingerprint density at radius 3 is 2.38 bits per heavy atom. The zero-order chi connectivity index (χ0) is 27.8. The van der Waals surface area contributed by atoms with E-state index in [0.29, 0.717) is 45.0 Å². The molecule has 10 nitrogen and oxygen atoms in total. The molecule has 2 amide bonds. The van der Waals surface area contributed by atoms with Crippen LogP contribution in [0.3, 0.4) is 0 Å². The van der Waals surface area contributed by atoms with Gasteiger partial charge in [0.25, 0.3) is 11.8 Å². The van der Waals surface area contributed by atoms with Crippen LogP contribution >= 0.6 is 0 Å². The second kappa shape index (κ2) is 10.1. The van der Waals surface area contributed by atoms with E-state index in [9.17, 15) is 24.3 Å². The summed E-state index contributed by atoms with van der Waals surface area (Å²) in [5.74, 6) is -3.00. The fourth-order valence-corrected chi connectivity index (χ4v) is 4.58. The predicted molar refractivity (Wildman–Crippen MR) is 142 cm³/mol. The van der Waals surface area contributed by atoms with Crippen LogP contribution in [0, 0.1) is 0 Å². The average Bonchev–Trinajstić information content (AvgIpc) is 3.23. The molecule has 2 aromatic carbocycles. The van der Waals surface area contributed by atoms with Crippen LogP contribution in [0.4, 0.5) is 5.69 Å². The number of anilines is 1. The van der Waals surface area contributed by atoms with E-state index in [2.05, 4.69) is 4.99 Å². The Morgan fingerprint density at radius 2 is 1.72 bits per heavy atom. The Labute approximate surface area is 223 Å². The van der Waals surface area contributed by atoms with Crippen LogP contribution in [0.1, 0.15) is 40.5 Å². The standard InChI is InChI=1S/C29H25N3O7/c1-4-30-17-6-9-20-23(14-17)38-24-15-18(31(2)3)7-10-21(24)27(20)19-8-5-16(13-22(19)28(35)36)29(37)39-32-25(33)11-12-26(32)34/h5-10,13-15H,4,11-12H2,1-3H3,(H,35,36). The minimum absolute atomic E-state index is 0.0482. The molecule has 2 heterocycles. The second-order valence-corrected chi connectivity index (χ2v) is 9.23. The van der Waals surface area contributed by atoms with Crippen LogP contribution < -0.4 is 10.3 Å². The highest BCUT2D eigenvalue weighted by atomic mass is 16.7. The molecule has 1 N–H and O–H groups in total. The van der Waals surface area contributed by atoms with Crippen molar-refractivity contribution in [3.8, 4) is 22.5 Å². The lowest BCUT2D eigenvalue weighted by atomic mass is 9.90. The molecular weight excluding hydrogens is 502 g/mol. The normalized spacial score (nSPS) is 13.9. The molecule has 0 radical (unpaired) electrons. The number of nitrogens with zero attached hydrogens (tertiary/aromatic N) is 3. The summed E-state index contributed by atoms with van der Waals surface area (Å²) in [5, 5.41) is 12.0. The minimum Gasteiger partial charge on any atom is -0.478 e. The van der Waals surface area contributed by atoms with Gasteiger partial charge in [0.2, 0.25) is 0 Å². The molecule has 0 unspecified atom stereocenters. The molecule has 0 saturated carbocycles. The number of fused-ring (bicyclic) bond motifs is 2. The van der Waals surface area contributed by atoms with E-state index < -0.39 is 23.8 Å². The second-order valence-electron chi connectivity index (χ2n) is 9.23. The van der Waals surface area contributed by atoms with E-state index in [-0.39, 0.29) is 24.0 Å². The summed E-state index contributed by atoms with van der Waals surface area (Å²) in [6.45, 7) is 2.52. The fourth-order valence-electron chi connectivity index (χ4n) is 4.58. The highest BCUT2D eigenvalue weighted by Gasteiger charge is 2.33. The lowest BCUT2D eigenvalue weighted by Gasteiger charge is -2.19. The number of benzene rings is 3. The summed E-state index contributed by atoms with van der Waals surface area (Å²) >= 11 is 0. The van der Waals surface area contributed by atoms with Gasteiger partial charge < -0.3 is 19.3 Å². The smallest absolute Gasteiger partial charge is 0.363 e. The highest BCUT2D eigenvalue weighted by Crippen LogP contribution is 2.42. The Hall–Kier alpha value is -4.99. The van der Waals surface area contributed by atoms with Crippen molar-refractivity contribution in [1.82, 2.24) is 5.06 Å². The number of carboxylic acids is 1. The average molecular weight is 528 g/mol. The number of hydroxylamine groups is 2. The van der Waals surface area contributed by atoms with Gasteiger partial charge in [-0.1, -0.05) is 6.07 Å². The fraction of sp³-hybridized carbons (Fsp3) is 0.207. The number of carboxylic acid groups (broad SMARTS) is 1. The number of hydrogen-bond donors (Lipinski definition) is 1. The first-order valence-corrected chi connectivity index (χ1v) is 12.3. The molecule has 1 aliphatic carbocycles. The maximum absolute atomic E-state index is 12.7. The third kappa shape index (κ3) is 4.72. The van der Waals surface area contributed by atoms with Crippen LogP contribution in [0.15, 0.2) is 64.0 Å². The largest absolute Gasteiger partial charge is 0.478 e. The van der Waals surface area contributed by atoms with E-state index in [1.54, 1.807) is 6.07 Å². The number of imide groups is 1. The van der Waals surface area contributed by atoms with Gasteiger partial charge in [-0.3, -0.25) is 14.6 Å². The molecule has 198 valence electrons. The molecule has 1 saturated heterocycles. The van der Waals surface area contributed by atoms with Crippen molar-refractivity contribution in [2.24, 2.45) is 4.99 Å². The lowest BCUT2D eigenvalue weighted by molar-refractivity contribution is -0.172. The van der Waals surface area contributed by atoms with Crippen molar-refractivity contribution in [1.29, 1.82) is 0 Å². The Bertz CT molecular complexity index is 1690. The number of hydrogen-bond acceptors (Lipinski definition) is 8. The molecule has 2 aromatic rings. The van der Waals surface area contributed by atoms with Crippen LogP contribution in [0.5, 0.6) is 0 Å². The van der Waals surface area contributed by atoms with Gasteiger partial charge >= 0.3 is 11.9 Å². The van der Waals surface area contributed by atoms with E-state index >= 15 is 0 Å². The van der Waals surface area contributed by atoms with E-state index in [0.717, 1.165) is 11.0 Å². The zero-order valence-electron chi connectivity index (χ0n) is 21.6. The molecule has 2 aliphatic heterocycles. The van der Waals surface area contributed by atoms with Crippen molar-refractivity contribution >= 4 is 40.4 Å². The van der Waals surface area contributed by atoms with Crippen molar-refractivity contribution in [2.45, 2.75) is 19.8 Å². The van der Waals surface area contributed by atoms with Gasteiger partial charge in [-0.2, -0.15) is 0 Å². The van der Waals surface area contributed by atoms with Crippen molar-refractivity contribution < 1.29 is 33.5 Å². The molecule has 10 heteroatoms. The summed E-state index contributed by atoms with van der Waals surface area (Å²) in [6.07, 6.45) is -0.0964. The third-order valence-corrected chi connectivity index (χ3v) is 6.48. The first kappa shape index (κ1) is 25.7. The molecule has 5 rings (SSSR count). The Kier molecular flexibility index (Phi) is 6.61. The molecule has 0 spiro atoms. The van der Waals surface area contributed by atoms with Gasteiger partial charge in [-0.25, -0.2) is 9.59 Å². The molecule has 0 aromatic heterocycles. The van der Waals surface area contributed by atoms with Crippen LogP contribution in [0.2, 0.25) is 0 Å². The number of aromatic carboxylic acids is 1. The summed E-state index contributed by atoms with van der Waals surface area (Å²) in [6, 6.07) is 15.2. The Balaban J connectivity index is 1.71. The molecule has 3 aliphatic rings. The quantitative estimate of drug-likeness (QED) is 0.293. The van der Waals surface area contributed by atoms with E-state index in [1.165, 1.54) is 18.2 Å². The van der Waals surface area contributed by atoms with E-state index in [4.69, 9.17) is 9.25 Å². The van der Waals surface area contributed by atoms with E-state index in [1.807, 2.05) is 56.3 Å². The molecule has 1 fully saturated rings. The first-order chi connectivity index (χ1) is 18.7. The first-order valence-electron chi connectivity index (χ1n) is 12.3. The van der Waals surface area contributed by atoms with Gasteiger partial charge in [0.1, 0.15) is 11.3 Å². The monoisotopic (exact) mass is 527 g/mol. The van der Waals surface area contributed by atoms with Crippen molar-refractivity contribution in [2.75, 3.05) is 25.5 Å². The lowest BCUT2D eigenvalue weighted by Crippen LogP contribution is -2.32. The van der Waals surface area contributed by atoms with Gasteiger partial charge in [0, 0.05) is 67.8 Å². The minimum atomic E-state index is -1.27. The molecule has 0 atom stereocenters. The number of carbonyl (C=O) groups excluding carboxylic acids is 3. The van der Waals surface area contributed by atoms with Gasteiger partial charge in [-0.15, -0.1) is 5.06 Å². The van der Waals surface area contributed by atoms with Gasteiger partial charge in [0.05, 0.1) is 16.5 Å². The Morgan fingerprint density at radius 1 is 1.00 bits per heavy atom. The predicted octanol–water partition coefficient (Wildman–Crippen LogP) is 4.11. The van der Waals surface area contributed by atoms with Crippen molar-refractivity contribution in [3.05, 3.63) is 71.1 Å². The molecular formula is C29H25N3O7. The van der Waals surface area contributed by atoms with Crippen LogP contribution in [-0.4, -0.2) is 54.6 Å². The molecule has 39 heavy (non-hydrogen) atoms. The van der Waals surface area contributed by atoms with Crippen molar-refractivity contribution in [3.63, 3.8) is 0 Å². The maximum Gasteiger partial charge on any atom is 0.363 e. The van der Waals surface area contributed by atoms with Gasteiger partial charge in [-0.05, 0) is 48.9 Å². The summed E-state index contributed by atoms with van der Waals surface area (Å²) in [7, 11) is 3.82. The summed E-state index contributed by atoms with van der Waals surface area (Å²) < 4.78 is 6.27. The van der Waals surface area contributed by atoms with Crippen LogP contribution in [-0.2, 0) is 14.4 Å². The highest BCUT2D eigenvalue weighted by molar-refractivity contribution is 6.09. The SMILES string of the molecule is CCN=c1ccc2c(-c3ccc(C(=O)ON4C(=O)CCC4=O)cc3C(=O)O)c3ccc(N(C)C)cc3oc-2c1. The summed E-state index contributed by atoms with van der Waals surface area (Å²) in [4.78, 5) is 60.3. The van der Waals surface area contributed by atoms with Gasteiger partial charge in [0.15, 0.2) is 0 Å². The number of rotatable bonds is 6. The molecule has 0 bridgehead atoms. The third-order valence-electron chi connectivity index (χ3n) is 6.48. The number of amides is 2. The topological polar surface area (TPSA) is 130 Å². The number of carbonyl (C=O) groups is 4. The zero-order valence-corrected chi connectivity index (χ0v) is 21.6. The summed E-state index contributed by atoms with van der Waals surface area (Å²) in [5.41, 5.74) is 2.81. The van der Waals surface area contributed by atoms with Crippen LogP contribution in [0.25, 0.3) is 33.4 Å². The maximum atomic E-state index is 12.7.